The van der Waals surface area contributed by atoms with E-state index in [2.05, 4.69) is 4.90 Å². The third-order valence-corrected chi connectivity index (χ3v) is 1.73. The Balaban J connectivity index is 2.22. The first-order chi connectivity index (χ1) is 5.83. The molecule has 68 valence electrons. The predicted molar refractivity (Wildman–Crippen MR) is 46.7 cm³/mol. The van der Waals surface area contributed by atoms with Crippen molar-refractivity contribution in [3.05, 3.63) is 24.2 Å². The molecule has 0 bridgehead atoms. The van der Waals surface area contributed by atoms with E-state index in [9.17, 15) is 0 Å². The van der Waals surface area contributed by atoms with Crippen LogP contribution >= 0.6 is 0 Å². The van der Waals surface area contributed by atoms with Gasteiger partial charge in [-0.3, -0.25) is 0 Å². The highest BCUT2D eigenvalue weighted by Gasteiger charge is 1.99. The molecule has 1 heterocycles. The largest absolute Gasteiger partial charge is 0.472 e. The minimum atomic E-state index is 0.260. The lowest BCUT2D eigenvalue weighted by atomic mass is 10.3. The maximum Gasteiger partial charge on any atom is 0.0947 e. The highest BCUT2D eigenvalue weighted by atomic mass is 16.3. The quantitative estimate of drug-likeness (QED) is 0.717. The third-order valence-electron chi connectivity index (χ3n) is 1.73. The first kappa shape index (κ1) is 9.29. The molecule has 1 N–H and O–H groups in total. The minimum Gasteiger partial charge on any atom is -0.472 e. The van der Waals surface area contributed by atoms with Crippen LogP contribution in [-0.4, -0.2) is 30.2 Å². The van der Waals surface area contributed by atoms with Gasteiger partial charge < -0.3 is 14.4 Å². The molecule has 0 amide bonds. The van der Waals surface area contributed by atoms with E-state index in [0.717, 1.165) is 19.5 Å². The van der Waals surface area contributed by atoms with Crippen molar-refractivity contribution in [2.24, 2.45) is 0 Å². The zero-order chi connectivity index (χ0) is 8.81. The van der Waals surface area contributed by atoms with Crippen molar-refractivity contribution >= 4 is 0 Å². The van der Waals surface area contributed by atoms with Gasteiger partial charge in [0.2, 0.25) is 0 Å². The highest BCUT2D eigenvalue weighted by molar-refractivity contribution is 5.04. The summed E-state index contributed by atoms with van der Waals surface area (Å²) in [6, 6.07) is 1.95. The summed E-state index contributed by atoms with van der Waals surface area (Å²) in [5.74, 6) is 0. The number of hydrogen-bond donors (Lipinski definition) is 1. The van der Waals surface area contributed by atoms with Crippen molar-refractivity contribution in [2.75, 3.05) is 20.2 Å². The maximum absolute atomic E-state index is 8.60. The number of aliphatic hydroxyl groups excluding tert-OH is 1. The van der Waals surface area contributed by atoms with Gasteiger partial charge in [-0.05, 0) is 19.5 Å². The number of nitrogens with zero attached hydrogens (tertiary/aromatic N) is 1. The first-order valence-corrected chi connectivity index (χ1v) is 4.13. The summed E-state index contributed by atoms with van der Waals surface area (Å²) in [6.45, 7) is 2.06. The zero-order valence-electron chi connectivity index (χ0n) is 7.36. The monoisotopic (exact) mass is 169 g/mol. The number of aliphatic hydroxyl groups is 1. The van der Waals surface area contributed by atoms with Crippen molar-refractivity contribution in [1.29, 1.82) is 0 Å². The third kappa shape index (κ3) is 3.07. The van der Waals surface area contributed by atoms with Crippen LogP contribution in [0.15, 0.2) is 23.0 Å². The lowest BCUT2D eigenvalue weighted by Crippen LogP contribution is -2.19. The summed E-state index contributed by atoms with van der Waals surface area (Å²) in [4.78, 5) is 2.15. The average molecular weight is 169 g/mol. The molecule has 0 aliphatic carbocycles. The van der Waals surface area contributed by atoms with Crippen LogP contribution in [0, 0.1) is 0 Å². The van der Waals surface area contributed by atoms with Crippen molar-refractivity contribution in [3.8, 4) is 0 Å². The van der Waals surface area contributed by atoms with E-state index in [4.69, 9.17) is 9.52 Å². The molecule has 12 heavy (non-hydrogen) atoms. The van der Waals surface area contributed by atoms with Gasteiger partial charge in [0.1, 0.15) is 0 Å². The smallest absolute Gasteiger partial charge is 0.0947 e. The van der Waals surface area contributed by atoms with Crippen LogP contribution in [0.25, 0.3) is 0 Å². The summed E-state index contributed by atoms with van der Waals surface area (Å²) in [5, 5.41) is 8.60. The fourth-order valence-corrected chi connectivity index (χ4v) is 1.11. The highest BCUT2D eigenvalue weighted by Crippen LogP contribution is 2.03. The molecule has 3 heteroatoms. The summed E-state index contributed by atoms with van der Waals surface area (Å²) in [7, 11) is 2.03. The second-order valence-electron chi connectivity index (χ2n) is 2.95. The van der Waals surface area contributed by atoms with Gasteiger partial charge in [-0.2, -0.15) is 0 Å². The van der Waals surface area contributed by atoms with Gasteiger partial charge in [0, 0.05) is 25.3 Å². The van der Waals surface area contributed by atoms with Crippen LogP contribution < -0.4 is 0 Å². The van der Waals surface area contributed by atoms with Crippen LogP contribution in [0.4, 0.5) is 0 Å². The Morgan fingerprint density at radius 2 is 2.42 bits per heavy atom. The molecular formula is C9H15NO2. The Kier molecular flexibility index (Phi) is 3.84. The van der Waals surface area contributed by atoms with Crippen molar-refractivity contribution < 1.29 is 9.52 Å². The Morgan fingerprint density at radius 1 is 1.58 bits per heavy atom. The van der Waals surface area contributed by atoms with E-state index in [1.807, 2.05) is 13.1 Å². The van der Waals surface area contributed by atoms with Crippen LogP contribution in [-0.2, 0) is 6.54 Å². The van der Waals surface area contributed by atoms with Gasteiger partial charge >= 0.3 is 0 Å². The lowest BCUT2D eigenvalue weighted by molar-refractivity contribution is 0.244. The number of furan rings is 1. The summed E-state index contributed by atoms with van der Waals surface area (Å²) in [6.07, 6.45) is 4.25. The molecule has 0 spiro atoms. The molecule has 3 nitrogen and oxygen atoms in total. The van der Waals surface area contributed by atoms with E-state index in [0.29, 0.717) is 0 Å². The van der Waals surface area contributed by atoms with Gasteiger partial charge in [-0.1, -0.05) is 0 Å². The van der Waals surface area contributed by atoms with Gasteiger partial charge in [-0.25, -0.2) is 0 Å². The van der Waals surface area contributed by atoms with Crippen LogP contribution in [0.5, 0.6) is 0 Å². The van der Waals surface area contributed by atoms with E-state index in [1.165, 1.54) is 5.56 Å². The Labute approximate surface area is 72.6 Å². The first-order valence-electron chi connectivity index (χ1n) is 4.13. The van der Waals surface area contributed by atoms with E-state index in [1.54, 1.807) is 12.5 Å². The molecule has 0 radical (unpaired) electrons. The van der Waals surface area contributed by atoms with Crippen molar-refractivity contribution in [1.82, 2.24) is 4.90 Å². The summed E-state index contributed by atoms with van der Waals surface area (Å²) >= 11 is 0. The zero-order valence-corrected chi connectivity index (χ0v) is 7.36. The molecule has 1 aromatic heterocycles. The molecule has 0 saturated carbocycles. The standard InChI is InChI=1S/C9H15NO2/c1-10(4-2-5-11)7-9-3-6-12-8-9/h3,6,8,11H,2,4-5,7H2,1H3. The molecular weight excluding hydrogens is 154 g/mol. The van der Waals surface area contributed by atoms with Crippen molar-refractivity contribution in [3.63, 3.8) is 0 Å². The van der Waals surface area contributed by atoms with E-state index >= 15 is 0 Å². The molecule has 0 unspecified atom stereocenters. The normalized spacial score (nSPS) is 10.9. The van der Waals surface area contributed by atoms with Gasteiger partial charge in [0.15, 0.2) is 0 Å². The second kappa shape index (κ2) is 4.95. The van der Waals surface area contributed by atoms with E-state index < -0.39 is 0 Å². The van der Waals surface area contributed by atoms with Crippen LogP contribution in [0.1, 0.15) is 12.0 Å². The second-order valence-corrected chi connectivity index (χ2v) is 2.95. The molecule has 0 aromatic carbocycles. The molecule has 1 rings (SSSR count). The lowest BCUT2D eigenvalue weighted by Gasteiger charge is -2.13. The Morgan fingerprint density at radius 3 is 3.00 bits per heavy atom. The predicted octanol–water partition coefficient (Wildman–Crippen LogP) is 1.09. The molecule has 0 aliphatic heterocycles. The maximum atomic E-state index is 8.60. The molecule has 0 saturated heterocycles. The fraction of sp³-hybridized carbons (Fsp3) is 0.556. The minimum absolute atomic E-state index is 0.260. The fourth-order valence-electron chi connectivity index (χ4n) is 1.11. The Hall–Kier alpha value is -0.800. The van der Waals surface area contributed by atoms with Crippen LogP contribution in [0.2, 0.25) is 0 Å². The number of rotatable bonds is 5. The number of hydrogen-bond acceptors (Lipinski definition) is 3. The molecule has 0 aliphatic rings. The Bertz CT molecular complexity index is 196. The van der Waals surface area contributed by atoms with Crippen molar-refractivity contribution in [2.45, 2.75) is 13.0 Å². The van der Waals surface area contributed by atoms with Gasteiger partial charge in [0.05, 0.1) is 12.5 Å². The topological polar surface area (TPSA) is 36.6 Å². The van der Waals surface area contributed by atoms with Crippen LogP contribution in [0.3, 0.4) is 0 Å². The van der Waals surface area contributed by atoms with E-state index in [-0.39, 0.29) is 6.61 Å². The van der Waals surface area contributed by atoms with Gasteiger partial charge in [0.25, 0.3) is 0 Å². The summed E-state index contributed by atoms with van der Waals surface area (Å²) < 4.78 is 4.94. The molecule has 1 aromatic rings. The SMILES string of the molecule is CN(CCCO)Cc1ccoc1. The van der Waals surface area contributed by atoms with Gasteiger partial charge in [-0.15, -0.1) is 0 Å². The summed E-state index contributed by atoms with van der Waals surface area (Å²) in [5.41, 5.74) is 1.18. The molecule has 0 atom stereocenters. The molecule has 0 fully saturated rings. The average Bonchev–Trinajstić information content (AvgIpc) is 2.53.